The van der Waals surface area contributed by atoms with E-state index in [4.69, 9.17) is 4.74 Å². The number of rotatable bonds is 6. The van der Waals surface area contributed by atoms with Crippen LogP contribution in [0.25, 0.3) is 0 Å². The molecule has 40 heavy (non-hydrogen) atoms. The fourth-order valence-corrected chi connectivity index (χ4v) is 6.20. The lowest BCUT2D eigenvalue weighted by molar-refractivity contribution is -0.325. The molecule has 1 heterocycles. The Kier molecular flexibility index (Phi) is 9.09. The fourth-order valence-electron chi connectivity index (χ4n) is 4.08. The molecule has 0 radical (unpaired) electrons. The number of hydrogen-bond acceptors (Lipinski definition) is 4. The van der Waals surface area contributed by atoms with E-state index in [9.17, 15) is 40.3 Å². The molecule has 0 bridgehead atoms. The normalized spacial score (nSPS) is 18.0. The molecule has 1 aliphatic rings. The summed E-state index contributed by atoms with van der Waals surface area (Å²) in [5, 5.41) is 0. The van der Waals surface area contributed by atoms with Crippen molar-refractivity contribution in [1.29, 1.82) is 0 Å². The summed E-state index contributed by atoms with van der Waals surface area (Å²) in [5.74, 6) is -1.21. The van der Waals surface area contributed by atoms with Gasteiger partial charge in [-0.3, -0.25) is 14.6 Å². The molecule has 0 spiro atoms. The van der Waals surface area contributed by atoms with Crippen molar-refractivity contribution in [2.75, 3.05) is 26.1 Å². The van der Waals surface area contributed by atoms with Crippen molar-refractivity contribution in [1.82, 2.24) is 9.88 Å². The number of alkyl halides is 8. The Morgan fingerprint density at radius 2 is 1.52 bits per heavy atom. The second-order valence-corrected chi connectivity index (χ2v) is 10.5. The van der Waals surface area contributed by atoms with Crippen LogP contribution in [0.3, 0.4) is 0 Å². The van der Waals surface area contributed by atoms with Crippen molar-refractivity contribution in [2.24, 2.45) is 0 Å². The minimum absolute atomic E-state index is 0.0144. The Hall–Kier alpha value is -2.94. The predicted octanol–water partition coefficient (Wildman–Crippen LogP) is 6.62. The van der Waals surface area contributed by atoms with Gasteiger partial charge in [-0.2, -0.15) is 26.3 Å². The number of nitrogens with zero attached hydrogens (tertiary/aromatic N) is 3. The zero-order valence-electron chi connectivity index (χ0n) is 20.8. The lowest BCUT2D eigenvalue weighted by Gasteiger charge is -2.37. The van der Waals surface area contributed by atoms with E-state index in [-0.39, 0.29) is 21.5 Å². The van der Waals surface area contributed by atoms with E-state index in [1.807, 2.05) is 0 Å². The van der Waals surface area contributed by atoms with Gasteiger partial charge in [0.2, 0.25) is 0 Å². The lowest BCUT2D eigenvalue weighted by Crippen LogP contribution is -2.55. The molecule has 0 fully saturated rings. The number of amides is 2. The minimum atomic E-state index is -6.30. The van der Waals surface area contributed by atoms with Crippen LogP contribution in [-0.2, 0) is 0 Å². The third-order valence-corrected chi connectivity index (χ3v) is 7.62. The number of allylic oxidation sites excluding steroid dienone is 2. The Morgan fingerprint density at radius 1 is 0.950 bits per heavy atom. The summed E-state index contributed by atoms with van der Waals surface area (Å²) in [7, 11) is 3.96. The van der Waals surface area contributed by atoms with Gasteiger partial charge < -0.3 is 14.5 Å². The number of likely N-dealkylation sites (N-methyl/N-ethyl adjacent to an activating group) is 1. The second kappa shape index (κ2) is 11.5. The van der Waals surface area contributed by atoms with Crippen molar-refractivity contribution in [2.45, 2.75) is 28.9 Å². The summed E-state index contributed by atoms with van der Waals surface area (Å²) in [6.07, 6.45) is -8.95. The van der Waals surface area contributed by atoms with Gasteiger partial charge in [0.1, 0.15) is 0 Å². The first kappa shape index (κ1) is 31.6. The minimum Gasteiger partial charge on any atom is -0.494 e. The smallest absolute Gasteiger partial charge is 0.435 e. The van der Waals surface area contributed by atoms with Crippen molar-refractivity contribution in [3.05, 3.63) is 76.1 Å². The van der Waals surface area contributed by atoms with Crippen LogP contribution in [0.4, 0.5) is 36.4 Å². The molecule has 1 aromatic carbocycles. The molecule has 1 aliphatic carbocycles. The summed E-state index contributed by atoms with van der Waals surface area (Å²) in [4.78, 5) is 31.2. The molecule has 0 saturated carbocycles. The Bertz CT molecular complexity index is 1330. The van der Waals surface area contributed by atoms with Crippen LogP contribution < -0.4 is 9.64 Å². The zero-order chi connectivity index (χ0) is 30.2. The van der Waals surface area contributed by atoms with E-state index >= 15 is 0 Å². The highest BCUT2D eigenvalue weighted by atomic mass is 79.9. The van der Waals surface area contributed by atoms with E-state index in [0.717, 1.165) is 4.90 Å². The first-order chi connectivity index (χ1) is 18.5. The molecule has 2 atom stereocenters. The van der Waals surface area contributed by atoms with E-state index in [0.29, 0.717) is 17.7 Å². The highest BCUT2D eigenvalue weighted by Crippen LogP contribution is 2.53. The van der Waals surface area contributed by atoms with E-state index in [2.05, 4.69) is 36.8 Å². The third kappa shape index (κ3) is 5.62. The molecule has 0 N–H and O–H groups in total. The largest absolute Gasteiger partial charge is 0.494 e. The third-order valence-electron chi connectivity index (χ3n) is 6.16. The van der Waals surface area contributed by atoms with Gasteiger partial charge in [-0.1, -0.05) is 44.0 Å². The molecular formula is C25H20Br2F7N3O3. The summed E-state index contributed by atoms with van der Waals surface area (Å²) < 4.78 is 99.5. The maximum atomic E-state index is 14.7. The van der Waals surface area contributed by atoms with E-state index < -0.39 is 46.3 Å². The summed E-state index contributed by atoms with van der Waals surface area (Å²) in [6, 6.07) is 6.16. The first-order valence-corrected chi connectivity index (χ1v) is 12.9. The number of carbonyl (C=O) groups excluding carboxylic acids is 2. The van der Waals surface area contributed by atoms with Crippen LogP contribution in [0.5, 0.6) is 5.75 Å². The maximum Gasteiger partial charge on any atom is 0.435 e. The lowest BCUT2D eigenvalue weighted by atomic mass is 9.88. The first-order valence-electron chi connectivity index (χ1n) is 11.1. The van der Waals surface area contributed by atoms with Gasteiger partial charge in [-0.15, -0.1) is 0 Å². The number of methoxy groups -OCH3 is 1. The molecule has 1 aromatic heterocycles. The number of hydrogen-bond donors (Lipinski definition) is 0. The Labute approximate surface area is 240 Å². The summed E-state index contributed by atoms with van der Waals surface area (Å²) in [5.41, 5.74) is -6.87. The number of aromatic nitrogens is 1. The molecule has 3 rings (SSSR count). The summed E-state index contributed by atoms with van der Waals surface area (Å²) >= 11 is 5.92. The highest BCUT2D eigenvalue weighted by molar-refractivity contribution is 9.12. The Morgan fingerprint density at radius 3 is 2.02 bits per heavy atom. The number of pyridine rings is 1. The van der Waals surface area contributed by atoms with Gasteiger partial charge >= 0.3 is 18.0 Å². The summed E-state index contributed by atoms with van der Waals surface area (Å²) in [6.45, 7) is 0. The SMILES string of the molecule is COc1c(C(=O)N(C)C2C(Br)=CC(C(F)(C(F)(F)F)C(F)(F)F)=CC2Br)cccc1N(C)C(=O)c1ccncc1. The van der Waals surface area contributed by atoms with Gasteiger partial charge in [0.25, 0.3) is 11.8 Å². The number of carbonyl (C=O) groups is 2. The maximum absolute atomic E-state index is 14.7. The zero-order valence-corrected chi connectivity index (χ0v) is 24.0. The predicted molar refractivity (Wildman–Crippen MR) is 140 cm³/mol. The Balaban J connectivity index is 1.97. The fraction of sp³-hybridized carbons (Fsp3) is 0.320. The molecule has 2 amide bonds. The van der Waals surface area contributed by atoms with Crippen LogP contribution in [-0.4, -0.2) is 71.8 Å². The van der Waals surface area contributed by atoms with Gasteiger partial charge in [0, 0.05) is 42.1 Å². The number of ether oxygens (including phenoxy) is 1. The quantitative estimate of drug-likeness (QED) is 0.251. The molecule has 6 nitrogen and oxygen atoms in total. The van der Waals surface area contributed by atoms with Crippen LogP contribution in [0, 0.1) is 0 Å². The average molecular weight is 703 g/mol. The molecule has 0 aliphatic heterocycles. The number of anilines is 1. The molecular weight excluding hydrogens is 683 g/mol. The topological polar surface area (TPSA) is 62.7 Å². The second-order valence-electron chi connectivity index (χ2n) is 8.57. The molecule has 216 valence electrons. The van der Waals surface area contributed by atoms with E-state index in [1.165, 1.54) is 68.8 Å². The van der Waals surface area contributed by atoms with Crippen LogP contribution in [0.15, 0.2) is 64.9 Å². The van der Waals surface area contributed by atoms with Gasteiger partial charge in [-0.05, 0) is 30.3 Å². The number of halogens is 9. The molecule has 15 heteroatoms. The standard InChI is InChI=1S/C25H20Br2F7N3O3/c1-36(21(38)13-7-9-35-10-8-13)18-6-4-5-15(20(18)40-3)22(39)37(2)19-16(26)11-14(12-17(19)27)23(28,24(29,30)31)25(32,33)34/h4-12,16,19H,1-3H3. The monoisotopic (exact) mass is 701 g/mol. The highest BCUT2D eigenvalue weighted by Gasteiger charge is 2.74. The van der Waals surface area contributed by atoms with Crippen LogP contribution in [0.1, 0.15) is 20.7 Å². The van der Waals surface area contributed by atoms with Crippen LogP contribution in [0.2, 0.25) is 0 Å². The van der Waals surface area contributed by atoms with Crippen molar-refractivity contribution < 1.29 is 45.1 Å². The van der Waals surface area contributed by atoms with Crippen molar-refractivity contribution in [3.63, 3.8) is 0 Å². The average Bonchev–Trinajstić information content (AvgIpc) is 2.89. The molecule has 2 unspecified atom stereocenters. The van der Waals surface area contributed by atoms with E-state index in [1.54, 1.807) is 0 Å². The van der Waals surface area contributed by atoms with Crippen molar-refractivity contribution in [3.8, 4) is 5.75 Å². The van der Waals surface area contributed by atoms with Gasteiger partial charge in [-0.25, -0.2) is 4.39 Å². The molecule has 2 aromatic rings. The molecule has 0 saturated heterocycles. The van der Waals surface area contributed by atoms with Crippen molar-refractivity contribution >= 4 is 49.4 Å². The number of benzene rings is 1. The van der Waals surface area contributed by atoms with Gasteiger partial charge in [0.15, 0.2) is 5.75 Å². The van der Waals surface area contributed by atoms with Gasteiger partial charge in [0.05, 0.1) is 29.2 Å². The number of para-hydroxylation sites is 1. The van der Waals surface area contributed by atoms with Crippen LogP contribution >= 0.6 is 31.9 Å².